The van der Waals surface area contributed by atoms with Crippen molar-refractivity contribution in [3.8, 4) is 0 Å². The van der Waals surface area contributed by atoms with Crippen molar-refractivity contribution in [3.63, 3.8) is 0 Å². The summed E-state index contributed by atoms with van der Waals surface area (Å²) in [6.45, 7) is 4.50. The van der Waals surface area contributed by atoms with E-state index in [0.717, 1.165) is 6.54 Å². The number of likely N-dealkylation sites (N-methyl/N-ethyl adjacent to an activating group) is 1. The summed E-state index contributed by atoms with van der Waals surface area (Å²) in [6, 6.07) is 1.40. The van der Waals surface area contributed by atoms with Crippen LogP contribution in [0.3, 0.4) is 0 Å². The van der Waals surface area contributed by atoms with Crippen molar-refractivity contribution in [1.82, 2.24) is 15.3 Å². The molecule has 1 amide bonds. The molecule has 0 spiro atoms. The predicted molar refractivity (Wildman–Crippen MR) is 63.3 cm³/mol. The van der Waals surface area contributed by atoms with Crippen LogP contribution in [0.2, 0.25) is 0 Å². The Morgan fingerprint density at radius 3 is 2.94 bits per heavy atom. The van der Waals surface area contributed by atoms with Crippen molar-refractivity contribution in [2.24, 2.45) is 0 Å². The summed E-state index contributed by atoms with van der Waals surface area (Å²) in [4.78, 5) is 19.5. The minimum absolute atomic E-state index is 0.0800. The first-order chi connectivity index (χ1) is 7.67. The molecule has 0 aliphatic heterocycles. The Kier molecular flexibility index (Phi) is 4.50. The maximum atomic E-state index is 11.3. The number of carbonyl (C=O) groups is 1. The lowest BCUT2D eigenvalue weighted by atomic mass is 10.3. The van der Waals surface area contributed by atoms with E-state index in [1.165, 1.54) is 0 Å². The number of hydrogen-bond donors (Lipinski definition) is 3. The Labute approximate surface area is 94.9 Å². The van der Waals surface area contributed by atoms with Crippen molar-refractivity contribution in [2.45, 2.75) is 19.9 Å². The number of hydrogen-bond acceptors (Lipinski definition) is 5. The van der Waals surface area contributed by atoms with Crippen LogP contribution < -0.4 is 16.0 Å². The van der Waals surface area contributed by atoms with Crippen LogP contribution in [0.5, 0.6) is 0 Å². The van der Waals surface area contributed by atoms with Crippen LogP contribution >= 0.6 is 0 Å². The molecule has 16 heavy (non-hydrogen) atoms. The summed E-state index contributed by atoms with van der Waals surface area (Å²) < 4.78 is 0. The second kappa shape index (κ2) is 5.89. The largest absolute Gasteiger partial charge is 0.358 e. The van der Waals surface area contributed by atoms with E-state index in [-0.39, 0.29) is 11.9 Å². The van der Waals surface area contributed by atoms with Gasteiger partial charge in [-0.1, -0.05) is 0 Å². The zero-order valence-corrected chi connectivity index (χ0v) is 9.74. The second-order valence-electron chi connectivity index (χ2n) is 3.28. The van der Waals surface area contributed by atoms with Gasteiger partial charge in [0.2, 0.25) is 11.9 Å². The van der Waals surface area contributed by atoms with Crippen molar-refractivity contribution in [2.75, 3.05) is 24.2 Å². The van der Waals surface area contributed by atoms with Crippen LogP contribution in [0.4, 0.5) is 11.8 Å². The molecule has 0 bridgehead atoms. The molecule has 1 aromatic heterocycles. The highest BCUT2D eigenvalue weighted by atomic mass is 16.2. The minimum atomic E-state index is -0.325. The third-order valence-electron chi connectivity index (χ3n) is 1.99. The van der Waals surface area contributed by atoms with Gasteiger partial charge in [0.05, 0.1) is 0 Å². The second-order valence-corrected chi connectivity index (χ2v) is 3.28. The molecule has 6 nitrogen and oxygen atoms in total. The molecular weight excluding hydrogens is 206 g/mol. The van der Waals surface area contributed by atoms with Gasteiger partial charge in [-0.15, -0.1) is 0 Å². The molecule has 0 aromatic carbocycles. The van der Waals surface area contributed by atoms with Gasteiger partial charge >= 0.3 is 0 Å². The van der Waals surface area contributed by atoms with Gasteiger partial charge in [0.25, 0.3) is 0 Å². The molecule has 3 N–H and O–H groups in total. The summed E-state index contributed by atoms with van der Waals surface area (Å²) in [5, 5.41) is 8.55. The first kappa shape index (κ1) is 12.2. The molecule has 88 valence electrons. The fraction of sp³-hybridized carbons (Fsp3) is 0.500. The third kappa shape index (κ3) is 3.38. The molecule has 0 aliphatic rings. The SMILES string of the molecule is CCNc1nccc(NC(C)C(=O)NC)n1. The minimum Gasteiger partial charge on any atom is -0.358 e. The highest BCUT2D eigenvalue weighted by Crippen LogP contribution is 2.06. The molecule has 0 aliphatic carbocycles. The van der Waals surface area contributed by atoms with E-state index in [2.05, 4.69) is 25.9 Å². The molecule has 0 fully saturated rings. The third-order valence-corrected chi connectivity index (χ3v) is 1.99. The number of nitrogens with zero attached hydrogens (tertiary/aromatic N) is 2. The molecule has 0 saturated carbocycles. The maximum absolute atomic E-state index is 11.3. The van der Waals surface area contributed by atoms with Gasteiger partial charge in [-0.3, -0.25) is 4.79 Å². The molecule has 0 radical (unpaired) electrons. The first-order valence-electron chi connectivity index (χ1n) is 5.22. The van der Waals surface area contributed by atoms with E-state index in [0.29, 0.717) is 11.8 Å². The Bertz CT molecular complexity index is 355. The summed E-state index contributed by atoms with van der Waals surface area (Å²) in [5.74, 6) is 1.10. The van der Waals surface area contributed by atoms with E-state index < -0.39 is 0 Å². The van der Waals surface area contributed by atoms with Crippen LogP contribution in [0.25, 0.3) is 0 Å². The van der Waals surface area contributed by atoms with E-state index in [9.17, 15) is 4.79 Å². The van der Waals surface area contributed by atoms with Gasteiger partial charge < -0.3 is 16.0 Å². The van der Waals surface area contributed by atoms with Gasteiger partial charge in [-0.05, 0) is 19.9 Å². The molecule has 1 aromatic rings. The molecule has 1 unspecified atom stereocenters. The average molecular weight is 223 g/mol. The van der Waals surface area contributed by atoms with Gasteiger partial charge in [0, 0.05) is 19.8 Å². The zero-order chi connectivity index (χ0) is 12.0. The normalized spacial score (nSPS) is 11.7. The lowest BCUT2D eigenvalue weighted by Crippen LogP contribution is -2.35. The van der Waals surface area contributed by atoms with Crippen molar-refractivity contribution >= 4 is 17.7 Å². The number of rotatable bonds is 5. The molecule has 1 atom stereocenters. The summed E-state index contributed by atoms with van der Waals surface area (Å²) in [5.41, 5.74) is 0. The topological polar surface area (TPSA) is 78.9 Å². The smallest absolute Gasteiger partial charge is 0.241 e. The molecular formula is C10H17N5O. The fourth-order valence-corrected chi connectivity index (χ4v) is 1.19. The van der Waals surface area contributed by atoms with E-state index in [4.69, 9.17) is 0 Å². The van der Waals surface area contributed by atoms with Crippen LogP contribution in [0.15, 0.2) is 12.3 Å². The molecule has 0 saturated heterocycles. The Balaban J connectivity index is 2.66. The number of aromatic nitrogens is 2. The van der Waals surface area contributed by atoms with Crippen LogP contribution in [0, 0.1) is 0 Å². The van der Waals surface area contributed by atoms with E-state index in [1.807, 2.05) is 6.92 Å². The summed E-state index contributed by atoms with van der Waals surface area (Å²) >= 11 is 0. The Morgan fingerprint density at radius 1 is 1.56 bits per heavy atom. The predicted octanol–water partition coefficient (Wildman–Crippen LogP) is 0.455. The maximum Gasteiger partial charge on any atom is 0.241 e. The zero-order valence-electron chi connectivity index (χ0n) is 9.74. The summed E-state index contributed by atoms with van der Waals surface area (Å²) in [7, 11) is 1.60. The Morgan fingerprint density at radius 2 is 2.31 bits per heavy atom. The highest BCUT2D eigenvalue weighted by Gasteiger charge is 2.10. The van der Waals surface area contributed by atoms with Crippen LogP contribution in [0.1, 0.15) is 13.8 Å². The van der Waals surface area contributed by atoms with Crippen LogP contribution in [-0.2, 0) is 4.79 Å². The molecule has 1 heterocycles. The lowest BCUT2D eigenvalue weighted by Gasteiger charge is -2.13. The van der Waals surface area contributed by atoms with Gasteiger partial charge in [-0.25, -0.2) is 4.98 Å². The van der Waals surface area contributed by atoms with Gasteiger partial charge in [0.1, 0.15) is 11.9 Å². The number of amides is 1. The molecule has 1 rings (SSSR count). The number of carbonyl (C=O) groups excluding carboxylic acids is 1. The Hall–Kier alpha value is -1.85. The summed E-state index contributed by atoms with van der Waals surface area (Å²) in [6.07, 6.45) is 1.64. The molecule has 6 heteroatoms. The number of anilines is 2. The number of nitrogens with one attached hydrogen (secondary N) is 3. The quantitative estimate of drug-likeness (QED) is 0.675. The lowest BCUT2D eigenvalue weighted by molar-refractivity contribution is -0.121. The average Bonchev–Trinajstić information content (AvgIpc) is 2.29. The standard InChI is InChI=1S/C10H17N5O/c1-4-12-10-13-6-5-8(15-10)14-7(2)9(16)11-3/h5-7H,4H2,1-3H3,(H,11,16)(H2,12,13,14,15). The van der Waals surface area contributed by atoms with Gasteiger partial charge in [-0.2, -0.15) is 4.98 Å². The van der Waals surface area contributed by atoms with Crippen molar-refractivity contribution < 1.29 is 4.79 Å². The fourth-order valence-electron chi connectivity index (χ4n) is 1.19. The van der Waals surface area contributed by atoms with Crippen molar-refractivity contribution in [1.29, 1.82) is 0 Å². The first-order valence-corrected chi connectivity index (χ1v) is 5.22. The van der Waals surface area contributed by atoms with E-state index >= 15 is 0 Å². The highest BCUT2D eigenvalue weighted by molar-refractivity contribution is 5.83. The van der Waals surface area contributed by atoms with E-state index in [1.54, 1.807) is 26.2 Å². The van der Waals surface area contributed by atoms with Gasteiger partial charge in [0.15, 0.2) is 0 Å². The monoisotopic (exact) mass is 223 g/mol. The van der Waals surface area contributed by atoms with Crippen molar-refractivity contribution in [3.05, 3.63) is 12.3 Å². The van der Waals surface area contributed by atoms with Crippen LogP contribution in [-0.4, -0.2) is 35.5 Å².